The highest BCUT2D eigenvalue weighted by molar-refractivity contribution is 5.16. The Balaban J connectivity index is 1.72. The van der Waals surface area contributed by atoms with Crippen molar-refractivity contribution in [1.29, 1.82) is 0 Å². The summed E-state index contributed by atoms with van der Waals surface area (Å²) in [6.07, 6.45) is 11.1. The van der Waals surface area contributed by atoms with Crippen molar-refractivity contribution >= 4 is 0 Å². The molecule has 0 aromatic heterocycles. The van der Waals surface area contributed by atoms with Crippen molar-refractivity contribution in [3.05, 3.63) is 0 Å². The van der Waals surface area contributed by atoms with Gasteiger partial charge in [-0.1, -0.05) is 27.2 Å². The van der Waals surface area contributed by atoms with Crippen molar-refractivity contribution in [2.24, 2.45) is 33.5 Å². The minimum absolute atomic E-state index is 0.0783. The molecule has 0 aliphatic heterocycles. The third-order valence-corrected chi connectivity index (χ3v) is 9.09. The summed E-state index contributed by atoms with van der Waals surface area (Å²) in [6.45, 7) is 7.57. The highest BCUT2D eigenvalue weighted by Crippen LogP contribution is 2.73. The molecule has 0 aromatic carbocycles. The van der Waals surface area contributed by atoms with Crippen LogP contribution in [0.1, 0.15) is 78.6 Å². The highest BCUT2D eigenvalue weighted by atomic mass is 16.3. The predicted molar refractivity (Wildman–Crippen MR) is 88.4 cm³/mol. The van der Waals surface area contributed by atoms with Crippen molar-refractivity contribution in [3.63, 3.8) is 0 Å². The van der Waals surface area contributed by atoms with E-state index in [1.807, 2.05) is 0 Å². The van der Waals surface area contributed by atoms with Crippen molar-refractivity contribution in [2.45, 2.75) is 84.7 Å². The van der Waals surface area contributed by atoms with E-state index < -0.39 is 0 Å². The first kappa shape index (κ1) is 15.4. The van der Waals surface area contributed by atoms with E-state index >= 15 is 0 Å². The molecule has 0 unspecified atom stereocenters. The van der Waals surface area contributed by atoms with Gasteiger partial charge >= 0.3 is 0 Å². The van der Waals surface area contributed by atoms with Gasteiger partial charge in [-0.3, -0.25) is 0 Å². The van der Waals surface area contributed by atoms with Crippen LogP contribution in [0.15, 0.2) is 0 Å². The normalized spacial score (nSPS) is 60.7. The zero-order valence-electron chi connectivity index (χ0n) is 14.7. The molecular formula is C20H34O2. The Morgan fingerprint density at radius 1 is 0.955 bits per heavy atom. The van der Waals surface area contributed by atoms with E-state index in [-0.39, 0.29) is 16.9 Å². The summed E-state index contributed by atoms with van der Waals surface area (Å²) in [6, 6.07) is 0. The zero-order chi connectivity index (χ0) is 15.8. The van der Waals surface area contributed by atoms with Gasteiger partial charge in [-0.25, -0.2) is 0 Å². The van der Waals surface area contributed by atoms with Gasteiger partial charge in [0.2, 0.25) is 0 Å². The zero-order valence-corrected chi connectivity index (χ0v) is 14.7. The van der Waals surface area contributed by atoms with Gasteiger partial charge in [-0.05, 0) is 84.9 Å². The van der Waals surface area contributed by atoms with Gasteiger partial charge < -0.3 is 10.2 Å². The van der Waals surface area contributed by atoms with Crippen LogP contribution in [-0.4, -0.2) is 22.9 Å². The van der Waals surface area contributed by atoms with Gasteiger partial charge in [-0.2, -0.15) is 0 Å². The molecule has 4 fully saturated rings. The average molecular weight is 306 g/mol. The molecule has 7 atom stereocenters. The number of hydrogen-bond donors (Lipinski definition) is 2. The van der Waals surface area contributed by atoms with E-state index in [4.69, 9.17) is 0 Å². The van der Waals surface area contributed by atoms with E-state index in [2.05, 4.69) is 20.8 Å². The van der Waals surface area contributed by atoms with Crippen molar-refractivity contribution in [2.75, 3.05) is 6.61 Å². The van der Waals surface area contributed by atoms with E-state index in [1.165, 1.54) is 51.4 Å². The second-order valence-electron chi connectivity index (χ2n) is 10.3. The van der Waals surface area contributed by atoms with Crippen LogP contribution in [-0.2, 0) is 0 Å². The summed E-state index contributed by atoms with van der Waals surface area (Å²) in [5.74, 6) is 1.45. The van der Waals surface area contributed by atoms with Gasteiger partial charge in [0.15, 0.2) is 0 Å². The minimum Gasteiger partial charge on any atom is -0.396 e. The van der Waals surface area contributed by atoms with Crippen molar-refractivity contribution < 1.29 is 10.2 Å². The fraction of sp³-hybridized carbons (Fsp3) is 1.00. The molecule has 4 saturated carbocycles. The van der Waals surface area contributed by atoms with Gasteiger partial charge in [0, 0.05) is 6.61 Å². The van der Waals surface area contributed by atoms with Crippen molar-refractivity contribution in [1.82, 2.24) is 0 Å². The first-order valence-electron chi connectivity index (χ1n) is 9.57. The molecule has 22 heavy (non-hydrogen) atoms. The van der Waals surface area contributed by atoms with Crippen LogP contribution < -0.4 is 0 Å². The smallest absolute Gasteiger partial charge is 0.0599 e. The molecule has 0 aromatic rings. The van der Waals surface area contributed by atoms with Gasteiger partial charge in [0.25, 0.3) is 0 Å². The SMILES string of the molecule is C[C@@]12CC[C@@H]3[C@@](CC[C@@H]4[C@](C)(CO)CCC[C@]43C)(C[C@H]1O)C2. The molecule has 0 heterocycles. The second-order valence-corrected chi connectivity index (χ2v) is 10.3. The molecule has 2 heteroatoms. The summed E-state index contributed by atoms with van der Waals surface area (Å²) in [4.78, 5) is 0. The van der Waals surface area contributed by atoms with Gasteiger partial charge in [0.05, 0.1) is 6.10 Å². The first-order valence-corrected chi connectivity index (χ1v) is 9.57. The van der Waals surface area contributed by atoms with Crippen molar-refractivity contribution in [3.8, 4) is 0 Å². The quantitative estimate of drug-likeness (QED) is 0.764. The summed E-state index contributed by atoms with van der Waals surface area (Å²) < 4.78 is 0. The Morgan fingerprint density at radius 3 is 2.41 bits per heavy atom. The van der Waals surface area contributed by atoms with Crippen LogP contribution in [0, 0.1) is 33.5 Å². The maximum absolute atomic E-state index is 10.7. The lowest BCUT2D eigenvalue weighted by Gasteiger charge is -2.64. The number of rotatable bonds is 1. The largest absolute Gasteiger partial charge is 0.396 e. The van der Waals surface area contributed by atoms with Gasteiger partial charge in [0.1, 0.15) is 0 Å². The van der Waals surface area contributed by atoms with Crippen LogP contribution >= 0.6 is 0 Å². The Bertz CT molecular complexity index is 476. The Hall–Kier alpha value is -0.0800. The fourth-order valence-corrected chi connectivity index (χ4v) is 8.05. The third kappa shape index (κ3) is 1.75. The van der Waals surface area contributed by atoms with E-state index in [0.29, 0.717) is 23.4 Å². The van der Waals surface area contributed by atoms with Crippen LogP contribution in [0.2, 0.25) is 0 Å². The average Bonchev–Trinajstić information content (AvgIpc) is 2.64. The summed E-state index contributed by atoms with van der Waals surface area (Å²) in [5, 5.41) is 20.8. The molecular weight excluding hydrogens is 272 g/mol. The molecule has 126 valence electrons. The third-order valence-electron chi connectivity index (χ3n) is 9.09. The lowest BCUT2D eigenvalue weighted by atomic mass is 9.40. The fourth-order valence-electron chi connectivity index (χ4n) is 8.05. The molecule has 4 rings (SSSR count). The molecule has 0 saturated heterocycles. The minimum atomic E-state index is -0.0783. The van der Waals surface area contributed by atoms with Crippen LogP contribution in [0.4, 0.5) is 0 Å². The number of aliphatic hydroxyl groups excluding tert-OH is 2. The summed E-state index contributed by atoms with van der Waals surface area (Å²) >= 11 is 0. The maximum Gasteiger partial charge on any atom is 0.0599 e. The number of hydrogen-bond acceptors (Lipinski definition) is 2. The lowest BCUT2D eigenvalue weighted by Crippen LogP contribution is -2.57. The highest BCUT2D eigenvalue weighted by Gasteiger charge is 2.66. The first-order chi connectivity index (χ1) is 10.3. The summed E-state index contributed by atoms with van der Waals surface area (Å²) in [5.41, 5.74) is 1.12. The maximum atomic E-state index is 10.7. The molecule has 2 bridgehead atoms. The Morgan fingerprint density at radius 2 is 1.68 bits per heavy atom. The molecule has 4 aliphatic carbocycles. The molecule has 0 amide bonds. The Kier molecular flexibility index (Phi) is 3.16. The van der Waals surface area contributed by atoms with Crippen LogP contribution in [0.3, 0.4) is 0 Å². The lowest BCUT2D eigenvalue weighted by molar-refractivity contribution is -0.163. The number of fused-ring (bicyclic) bond motifs is 3. The second kappa shape index (κ2) is 4.51. The monoisotopic (exact) mass is 306 g/mol. The Labute approximate surface area is 135 Å². The van der Waals surface area contributed by atoms with E-state index in [1.54, 1.807) is 0 Å². The molecule has 2 nitrogen and oxygen atoms in total. The van der Waals surface area contributed by atoms with E-state index in [0.717, 1.165) is 12.3 Å². The summed E-state index contributed by atoms with van der Waals surface area (Å²) in [7, 11) is 0. The van der Waals surface area contributed by atoms with E-state index in [9.17, 15) is 10.2 Å². The molecule has 2 N–H and O–H groups in total. The topological polar surface area (TPSA) is 40.5 Å². The number of aliphatic hydroxyl groups is 2. The van der Waals surface area contributed by atoms with Crippen LogP contribution in [0.5, 0.6) is 0 Å². The predicted octanol–water partition coefficient (Wildman–Crippen LogP) is 4.14. The molecule has 4 aliphatic rings. The molecule has 0 radical (unpaired) electrons. The molecule has 1 spiro atoms. The standard InChI is InChI=1S/C20H34O2/c1-17-9-5-15-19(3)8-4-7-18(2,13-21)14(19)6-10-20(15,12-17)11-16(17)22/h14-16,21-22H,4-13H2,1-3H3/t14-,15+,16-,17+,18+,19-,20+/m1/s1. The van der Waals surface area contributed by atoms with Crippen LogP contribution in [0.25, 0.3) is 0 Å². The van der Waals surface area contributed by atoms with Gasteiger partial charge in [-0.15, -0.1) is 0 Å².